The monoisotopic (exact) mass is 284 g/mol. The van der Waals surface area contributed by atoms with Gasteiger partial charge in [0.15, 0.2) is 0 Å². The predicted molar refractivity (Wildman–Crippen MR) is 79.2 cm³/mol. The molecule has 6 heteroatoms. The van der Waals surface area contributed by atoms with Crippen LogP contribution in [0.25, 0.3) is 0 Å². The number of aromatic nitrogens is 2. The molecule has 0 amide bonds. The van der Waals surface area contributed by atoms with Crippen molar-refractivity contribution in [3.8, 4) is 0 Å². The number of carbonyl (C=O) groups excluding carboxylic acids is 1. The molecule has 1 atom stereocenters. The molecule has 0 aliphatic heterocycles. The van der Waals surface area contributed by atoms with E-state index < -0.39 is 12.0 Å². The van der Waals surface area contributed by atoms with Gasteiger partial charge in [-0.05, 0) is 30.7 Å². The van der Waals surface area contributed by atoms with Crippen LogP contribution in [0.1, 0.15) is 18.5 Å². The van der Waals surface area contributed by atoms with Gasteiger partial charge in [-0.25, -0.2) is 9.78 Å². The Labute approximate surface area is 122 Å². The SMILES string of the molecule is CCOC(=O)C(=N)C(Nc1ccccn1)c1cccnc1. The van der Waals surface area contributed by atoms with Crippen molar-refractivity contribution in [2.75, 3.05) is 11.9 Å². The number of anilines is 1. The molecule has 2 heterocycles. The zero-order valence-corrected chi connectivity index (χ0v) is 11.6. The summed E-state index contributed by atoms with van der Waals surface area (Å²) in [7, 11) is 0. The summed E-state index contributed by atoms with van der Waals surface area (Å²) in [6.45, 7) is 1.93. The number of pyridine rings is 2. The van der Waals surface area contributed by atoms with E-state index in [-0.39, 0.29) is 12.3 Å². The lowest BCUT2D eigenvalue weighted by Crippen LogP contribution is -2.29. The average molecular weight is 284 g/mol. The molecule has 2 N–H and O–H groups in total. The zero-order chi connectivity index (χ0) is 15.1. The molecule has 1 unspecified atom stereocenters. The molecule has 2 rings (SSSR count). The molecule has 0 aliphatic rings. The Balaban J connectivity index is 2.27. The first kappa shape index (κ1) is 14.6. The van der Waals surface area contributed by atoms with Crippen LogP contribution < -0.4 is 5.32 Å². The van der Waals surface area contributed by atoms with E-state index in [9.17, 15) is 4.79 Å². The summed E-state index contributed by atoms with van der Waals surface area (Å²) >= 11 is 0. The molecular weight excluding hydrogens is 268 g/mol. The molecule has 0 fully saturated rings. The highest BCUT2D eigenvalue weighted by molar-refractivity contribution is 6.37. The van der Waals surface area contributed by atoms with Crippen LogP contribution in [0.5, 0.6) is 0 Å². The molecule has 0 bridgehead atoms. The minimum Gasteiger partial charge on any atom is -0.461 e. The molecular formula is C15H16N4O2. The molecule has 2 aromatic rings. The number of hydrogen-bond acceptors (Lipinski definition) is 6. The number of carbonyl (C=O) groups is 1. The van der Waals surface area contributed by atoms with Crippen LogP contribution in [0, 0.1) is 5.41 Å². The molecule has 108 valence electrons. The largest absolute Gasteiger partial charge is 0.461 e. The summed E-state index contributed by atoms with van der Waals surface area (Å²) in [4.78, 5) is 20.0. The van der Waals surface area contributed by atoms with E-state index in [0.717, 1.165) is 0 Å². The fourth-order valence-corrected chi connectivity index (χ4v) is 1.79. The lowest BCUT2D eigenvalue weighted by atomic mass is 10.0. The zero-order valence-electron chi connectivity index (χ0n) is 11.6. The smallest absolute Gasteiger partial charge is 0.354 e. The second-order valence-electron chi connectivity index (χ2n) is 4.21. The lowest BCUT2D eigenvalue weighted by molar-refractivity contribution is -0.135. The highest BCUT2D eigenvalue weighted by atomic mass is 16.5. The van der Waals surface area contributed by atoms with Crippen molar-refractivity contribution < 1.29 is 9.53 Å². The number of hydrogen-bond donors (Lipinski definition) is 2. The molecule has 2 aromatic heterocycles. The molecule has 0 aliphatic carbocycles. The number of nitrogens with zero attached hydrogens (tertiary/aromatic N) is 2. The number of esters is 1. The van der Waals surface area contributed by atoms with Crippen molar-refractivity contribution in [1.29, 1.82) is 5.41 Å². The summed E-state index contributed by atoms with van der Waals surface area (Å²) in [5.41, 5.74) is 0.511. The Bertz CT molecular complexity index is 602. The number of rotatable bonds is 6. The Hall–Kier alpha value is -2.76. The van der Waals surface area contributed by atoms with E-state index >= 15 is 0 Å². The van der Waals surface area contributed by atoms with Crippen LogP contribution >= 0.6 is 0 Å². The van der Waals surface area contributed by atoms with Crippen molar-refractivity contribution in [3.63, 3.8) is 0 Å². The van der Waals surface area contributed by atoms with E-state index in [1.807, 2.05) is 6.07 Å². The number of ether oxygens (including phenoxy) is 1. The van der Waals surface area contributed by atoms with Gasteiger partial charge in [0.2, 0.25) is 0 Å². The second-order valence-corrected chi connectivity index (χ2v) is 4.21. The van der Waals surface area contributed by atoms with E-state index in [1.54, 1.807) is 49.8 Å². The van der Waals surface area contributed by atoms with E-state index in [2.05, 4.69) is 15.3 Å². The molecule has 0 saturated carbocycles. The maximum atomic E-state index is 11.8. The maximum Gasteiger partial charge on any atom is 0.354 e. The topological polar surface area (TPSA) is 88.0 Å². The van der Waals surface area contributed by atoms with Gasteiger partial charge in [0.05, 0.1) is 6.61 Å². The summed E-state index contributed by atoms with van der Waals surface area (Å²) < 4.78 is 4.90. The summed E-state index contributed by atoms with van der Waals surface area (Å²) in [6, 6.07) is 8.27. The average Bonchev–Trinajstić information content (AvgIpc) is 2.54. The van der Waals surface area contributed by atoms with E-state index in [1.165, 1.54) is 0 Å². The minimum absolute atomic E-state index is 0.185. The Morgan fingerprint density at radius 3 is 2.81 bits per heavy atom. The molecule has 6 nitrogen and oxygen atoms in total. The van der Waals surface area contributed by atoms with E-state index in [4.69, 9.17) is 10.1 Å². The highest BCUT2D eigenvalue weighted by Crippen LogP contribution is 2.19. The molecule has 0 aromatic carbocycles. The molecule has 0 spiro atoms. The van der Waals surface area contributed by atoms with E-state index in [0.29, 0.717) is 11.4 Å². The lowest BCUT2D eigenvalue weighted by Gasteiger charge is -2.19. The Morgan fingerprint density at radius 2 is 2.19 bits per heavy atom. The third kappa shape index (κ3) is 3.85. The van der Waals surface area contributed by atoms with Gasteiger partial charge >= 0.3 is 5.97 Å². The van der Waals surface area contributed by atoms with Crippen LogP contribution in [-0.4, -0.2) is 28.3 Å². The normalized spacial score (nSPS) is 11.5. The first-order valence-corrected chi connectivity index (χ1v) is 6.55. The molecule has 0 saturated heterocycles. The van der Waals surface area contributed by atoms with Gasteiger partial charge in [-0.1, -0.05) is 12.1 Å². The van der Waals surface area contributed by atoms with Crippen LogP contribution in [0.3, 0.4) is 0 Å². The van der Waals surface area contributed by atoms with Crippen molar-refractivity contribution in [2.45, 2.75) is 13.0 Å². The Morgan fingerprint density at radius 1 is 1.33 bits per heavy atom. The third-order valence-corrected chi connectivity index (χ3v) is 2.76. The first-order chi connectivity index (χ1) is 10.2. The highest BCUT2D eigenvalue weighted by Gasteiger charge is 2.24. The summed E-state index contributed by atoms with van der Waals surface area (Å²) in [6.07, 6.45) is 4.88. The standard InChI is InChI=1S/C15H16N4O2/c1-2-21-15(20)13(16)14(11-6-5-8-17-10-11)19-12-7-3-4-9-18-12/h3-10,14,16H,2H2,1H3,(H,18,19). The van der Waals surface area contributed by atoms with Gasteiger partial charge in [0, 0.05) is 18.6 Å². The second kappa shape index (κ2) is 7.14. The van der Waals surface area contributed by atoms with Gasteiger partial charge < -0.3 is 10.1 Å². The summed E-state index contributed by atoms with van der Waals surface area (Å²) in [5, 5.41) is 11.1. The third-order valence-electron chi connectivity index (χ3n) is 2.76. The fourth-order valence-electron chi connectivity index (χ4n) is 1.79. The van der Waals surface area contributed by atoms with Crippen molar-refractivity contribution >= 4 is 17.5 Å². The van der Waals surface area contributed by atoms with Crippen LogP contribution in [0.2, 0.25) is 0 Å². The van der Waals surface area contributed by atoms with Gasteiger partial charge in [0.25, 0.3) is 0 Å². The van der Waals surface area contributed by atoms with Gasteiger partial charge in [-0.15, -0.1) is 0 Å². The maximum absolute atomic E-state index is 11.8. The summed E-state index contributed by atoms with van der Waals surface area (Å²) in [5.74, 6) is -0.0878. The Kier molecular flexibility index (Phi) is 4.98. The van der Waals surface area contributed by atoms with Crippen molar-refractivity contribution in [1.82, 2.24) is 9.97 Å². The quantitative estimate of drug-likeness (QED) is 0.627. The van der Waals surface area contributed by atoms with Gasteiger partial charge in [-0.2, -0.15) is 0 Å². The molecule has 21 heavy (non-hydrogen) atoms. The van der Waals surface area contributed by atoms with Crippen LogP contribution in [0.15, 0.2) is 48.9 Å². The van der Waals surface area contributed by atoms with Gasteiger partial charge in [0.1, 0.15) is 17.6 Å². The van der Waals surface area contributed by atoms with Gasteiger partial charge in [-0.3, -0.25) is 10.4 Å². The predicted octanol–water partition coefficient (Wildman–Crippen LogP) is 2.21. The minimum atomic E-state index is -0.660. The van der Waals surface area contributed by atoms with Crippen LogP contribution in [0.4, 0.5) is 5.82 Å². The van der Waals surface area contributed by atoms with Crippen LogP contribution in [-0.2, 0) is 9.53 Å². The fraction of sp³-hybridized carbons (Fsp3) is 0.200. The molecule has 0 radical (unpaired) electrons. The number of nitrogens with one attached hydrogen (secondary N) is 2. The van der Waals surface area contributed by atoms with Crippen molar-refractivity contribution in [2.24, 2.45) is 0 Å². The first-order valence-electron chi connectivity index (χ1n) is 6.55. The van der Waals surface area contributed by atoms with Crippen molar-refractivity contribution in [3.05, 3.63) is 54.5 Å².